The van der Waals surface area contributed by atoms with Crippen LogP contribution in [0, 0.1) is 5.92 Å². The molecule has 2 nitrogen and oxygen atoms in total. The Bertz CT molecular complexity index is 384. The minimum atomic E-state index is 0.228. The molecular formula is C16H26N2. The molecule has 18 heavy (non-hydrogen) atoms. The first-order valence-corrected chi connectivity index (χ1v) is 7.19. The smallest absolute Gasteiger partial charge is 0.0401 e. The van der Waals surface area contributed by atoms with Crippen LogP contribution in [0.5, 0.6) is 0 Å². The van der Waals surface area contributed by atoms with E-state index in [2.05, 4.69) is 49.9 Å². The minimum absolute atomic E-state index is 0.228. The predicted molar refractivity (Wildman–Crippen MR) is 79.0 cm³/mol. The number of hydrogen-bond donors (Lipinski definition) is 1. The van der Waals surface area contributed by atoms with E-state index in [4.69, 9.17) is 5.73 Å². The lowest BCUT2D eigenvalue weighted by Gasteiger charge is -2.31. The molecule has 0 amide bonds. The molecule has 2 rings (SSSR count). The van der Waals surface area contributed by atoms with Crippen LogP contribution in [0.25, 0.3) is 0 Å². The van der Waals surface area contributed by atoms with E-state index in [1.54, 1.807) is 0 Å². The van der Waals surface area contributed by atoms with E-state index in [0.717, 1.165) is 12.3 Å². The second-order valence-electron chi connectivity index (χ2n) is 5.96. The normalized spacial score (nSPS) is 21.6. The van der Waals surface area contributed by atoms with Gasteiger partial charge in [0.15, 0.2) is 0 Å². The maximum absolute atomic E-state index is 5.97. The summed E-state index contributed by atoms with van der Waals surface area (Å²) in [5.41, 5.74) is 8.78. The summed E-state index contributed by atoms with van der Waals surface area (Å²) in [6.45, 7) is 7.94. The Morgan fingerprint density at radius 1 is 1.28 bits per heavy atom. The summed E-state index contributed by atoms with van der Waals surface area (Å²) < 4.78 is 0. The molecule has 0 aromatic heterocycles. The van der Waals surface area contributed by atoms with E-state index in [9.17, 15) is 0 Å². The van der Waals surface area contributed by atoms with Crippen LogP contribution in [0.4, 0.5) is 5.69 Å². The van der Waals surface area contributed by atoms with E-state index in [0.29, 0.717) is 6.04 Å². The van der Waals surface area contributed by atoms with Crippen LogP contribution >= 0.6 is 0 Å². The number of nitrogens with two attached hydrogens (primary N) is 1. The molecule has 1 heterocycles. The number of para-hydroxylation sites is 1. The molecule has 100 valence electrons. The highest BCUT2D eigenvalue weighted by Gasteiger charge is 2.28. The molecule has 1 aromatic rings. The quantitative estimate of drug-likeness (QED) is 0.884. The second-order valence-corrected chi connectivity index (χ2v) is 5.96. The van der Waals surface area contributed by atoms with Crippen molar-refractivity contribution in [2.24, 2.45) is 11.7 Å². The van der Waals surface area contributed by atoms with Crippen LogP contribution in [0.1, 0.15) is 39.2 Å². The highest BCUT2D eigenvalue weighted by Crippen LogP contribution is 2.32. The van der Waals surface area contributed by atoms with Gasteiger partial charge in [0, 0.05) is 24.3 Å². The van der Waals surface area contributed by atoms with E-state index >= 15 is 0 Å². The van der Waals surface area contributed by atoms with Gasteiger partial charge >= 0.3 is 0 Å². The van der Waals surface area contributed by atoms with Crippen molar-refractivity contribution in [2.45, 2.75) is 52.1 Å². The molecule has 1 fully saturated rings. The minimum Gasteiger partial charge on any atom is -0.368 e. The molecule has 2 heteroatoms. The Morgan fingerprint density at radius 3 is 2.67 bits per heavy atom. The highest BCUT2D eigenvalue weighted by atomic mass is 15.2. The summed E-state index contributed by atoms with van der Waals surface area (Å²) in [5.74, 6) is 0.718. The fourth-order valence-corrected chi connectivity index (χ4v) is 3.10. The van der Waals surface area contributed by atoms with Crippen molar-refractivity contribution in [3.63, 3.8) is 0 Å². The number of rotatable bonds is 4. The average Bonchev–Trinajstić information content (AvgIpc) is 2.77. The fourth-order valence-electron chi connectivity index (χ4n) is 3.10. The van der Waals surface area contributed by atoms with Gasteiger partial charge in [-0.2, -0.15) is 0 Å². The zero-order valence-corrected chi connectivity index (χ0v) is 11.9. The van der Waals surface area contributed by atoms with Crippen molar-refractivity contribution in [3.05, 3.63) is 29.8 Å². The predicted octanol–water partition coefficient (Wildman–Crippen LogP) is 3.20. The lowest BCUT2D eigenvalue weighted by atomic mass is 9.99. The van der Waals surface area contributed by atoms with E-state index in [1.807, 2.05) is 0 Å². The number of nitrogens with zero attached hydrogens (tertiary/aromatic N) is 1. The average molecular weight is 246 g/mol. The van der Waals surface area contributed by atoms with Gasteiger partial charge in [-0.3, -0.25) is 0 Å². The standard InChI is InChI=1S/C16H26N2/c1-12(2)15-9-6-10-18(15)16-8-5-4-7-14(16)11-13(3)17/h4-5,7-8,12-13,15H,6,9-11,17H2,1-3H3. The Kier molecular flexibility index (Phi) is 4.28. The maximum Gasteiger partial charge on any atom is 0.0401 e. The highest BCUT2D eigenvalue weighted by molar-refractivity contribution is 5.55. The van der Waals surface area contributed by atoms with Gasteiger partial charge in [-0.25, -0.2) is 0 Å². The zero-order valence-electron chi connectivity index (χ0n) is 11.9. The molecule has 0 saturated carbocycles. The van der Waals surface area contributed by atoms with Crippen molar-refractivity contribution in [2.75, 3.05) is 11.4 Å². The molecule has 2 unspecified atom stereocenters. The zero-order chi connectivity index (χ0) is 13.1. The van der Waals surface area contributed by atoms with E-state index in [-0.39, 0.29) is 6.04 Å². The lowest BCUT2D eigenvalue weighted by molar-refractivity contribution is 0.491. The molecule has 0 spiro atoms. The van der Waals surface area contributed by atoms with Gasteiger partial charge in [-0.05, 0) is 43.7 Å². The molecule has 1 saturated heterocycles. The lowest BCUT2D eigenvalue weighted by Crippen LogP contribution is -2.34. The first kappa shape index (κ1) is 13.4. The monoisotopic (exact) mass is 246 g/mol. The second kappa shape index (κ2) is 5.75. The van der Waals surface area contributed by atoms with Gasteiger partial charge in [-0.1, -0.05) is 32.0 Å². The fraction of sp³-hybridized carbons (Fsp3) is 0.625. The van der Waals surface area contributed by atoms with Gasteiger partial charge in [0.25, 0.3) is 0 Å². The first-order valence-electron chi connectivity index (χ1n) is 7.19. The van der Waals surface area contributed by atoms with Crippen LogP contribution in [-0.4, -0.2) is 18.6 Å². The summed E-state index contributed by atoms with van der Waals surface area (Å²) in [5, 5.41) is 0. The van der Waals surface area contributed by atoms with Gasteiger partial charge < -0.3 is 10.6 Å². The van der Waals surface area contributed by atoms with Crippen molar-refractivity contribution < 1.29 is 0 Å². The molecule has 0 bridgehead atoms. The number of anilines is 1. The third-order valence-corrected chi connectivity index (χ3v) is 3.91. The molecule has 1 aromatic carbocycles. The number of hydrogen-bond acceptors (Lipinski definition) is 2. The molecule has 2 N–H and O–H groups in total. The van der Waals surface area contributed by atoms with E-state index in [1.165, 1.54) is 30.6 Å². The molecule has 2 atom stereocenters. The SMILES string of the molecule is CC(N)Cc1ccccc1N1CCCC1C(C)C. The Morgan fingerprint density at radius 2 is 2.00 bits per heavy atom. The third-order valence-electron chi connectivity index (χ3n) is 3.91. The summed E-state index contributed by atoms with van der Waals surface area (Å²) in [4.78, 5) is 2.60. The largest absolute Gasteiger partial charge is 0.368 e. The maximum atomic E-state index is 5.97. The summed E-state index contributed by atoms with van der Waals surface area (Å²) >= 11 is 0. The Balaban J connectivity index is 2.26. The first-order chi connectivity index (χ1) is 8.59. The molecular weight excluding hydrogens is 220 g/mol. The topological polar surface area (TPSA) is 29.3 Å². The Labute approximate surface area is 111 Å². The van der Waals surface area contributed by atoms with Crippen molar-refractivity contribution in [1.29, 1.82) is 0 Å². The summed E-state index contributed by atoms with van der Waals surface area (Å²) in [6.07, 6.45) is 3.61. The van der Waals surface area contributed by atoms with Crippen LogP contribution in [0.3, 0.4) is 0 Å². The molecule has 0 aliphatic carbocycles. The number of benzene rings is 1. The molecule has 0 radical (unpaired) electrons. The van der Waals surface area contributed by atoms with Crippen molar-refractivity contribution >= 4 is 5.69 Å². The van der Waals surface area contributed by atoms with Crippen LogP contribution in [-0.2, 0) is 6.42 Å². The summed E-state index contributed by atoms with van der Waals surface area (Å²) in [6, 6.07) is 9.69. The Hall–Kier alpha value is -1.02. The third kappa shape index (κ3) is 2.86. The van der Waals surface area contributed by atoms with Crippen molar-refractivity contribution in [1.82, 2.24) is 0 Å². The van der Waals surface area contributed by atoms with Crippen LogP contribution in [0.2, 0.25) is 0 Å². The van der Waals surface area contributed by atoms with Crippen LogP contribution < -0.4 is 10.6 Å². The van der Waals surface area contributed by atoms with Gasteiger partial charge in [0.05, 0.1) is 0 Å². The van der Waals surface area contributed by atoms with Gasteiger partial charge in [0.1, 0.15) is 0 Å². The summed E-state index contributed by atoms with van der Waals surface area (Å²) in [7, 11) is 0. The van der Waals surface area contributed by atoms with Gasteiger partial charge in [-0.15, -0.1) is 0 Å². The molecule has 1 aliphatic rings. The van der Waals surface area contributed by atoms with Crippen LogP contribution in [0.15, 0.2) is 24.3 Å². The van der Waals surface area contributed by atoms with Gasteiger partial charge in [0.2, 0.25) is 0 Å². The van der Waals surface area contributed by atoms with Crippen molar-refractivity contribution in [3.8, 4) is 0 Å². The molecule has 1 aliphatic heterocycles. The van der Waals surface area contributed by atoms with E-state index < -0.39 is 0 Å².